The van der Waals surface area contributed by atoms with E-state index in [1.807, 2.05) is 24.5 Å². The number of rotatable bonds is 4. The summed E-state index contributed by atoms with van der Waals surface area (Å²) in [4.78, 5) is 8.34. The highest BCUT2D eigenvalue weighted by Crippen LogP contribution is 2.21. The van der Waals surface area contributed by atoms with E-state index in [9.17, 15) is 0 Å². The summed E-state index contributed by atoms with van der Waals surface area (Å²) in [6.45, 7) is 0. The Hall–Kier alpha value is -3.52. The topological polar surface area (TPSA) is 25.8 Å². The Balaban J connectivity index is 1.48. The van der Waals surface area contributed by atoms with Crippen molar-refractivity contribution in [2.24, 2.45) is 0 Å². The van der Waals surface area contributed by atoms with Gasteiger partial charge < -0.3 is 0 Å². The lowest BCUT2D eigenvalue weighted by atomic mass is 10.0. The summed E-state index contributed by atoms with van der Waals surface area (Å²) < 4.78 is 0. The van der Waals surface area contributed by atoms with Crippen molar-refractivity contribution in [2.45, 2.75) is 0 Å². The van der Waals surface area contributed by atoms with Crippen LogP contribution in [-0.2, 0) is 0 Å². The number of benzene rings is 2. The van der Waals surface area contributed by atoms with Crippen molar-refractivity contribution >= 4 is 12.2 Å². The van der Waals surface area contributed by atoms with Crippen LogP contribution in [0.4, 0.5) is 0 Å². The van der Waals surface area contributed by atoms with Crippen LogP contribution < -0.4 is 0 Å². The molecule has 4 aromatic rings. The largest absolute Gasteiger partial charge is 0.264 e. The third-order valence-electron chi connectivity index (χ3n) is 4.28. The van der Waals surface area contributed by atoms with Gasteiger partial charge in [0, 0.05) is 24.8 Å². The second-order valence-electron chi connectivity index (χ2n) is 6.06. The van der Waals surface area contributed by atoms with E-state index in [0.29, 0.717) is 0 Å². The fourth-order valence-electron chi connectivity index (χ4n) is 2.83. The summed E-state index contributed by atoms with van der Waals surface area (Å²) in [6.07, 6.45) is 11.6. The first kappa shape index (κ1) is 16.0. The summed E-state index contributed by atoms with van der Waals surface area (Å²) >= 11 is 0. The van der Waals surface area contributed by atoms with Crippen LogP contribution in [0, 0.1) is 0 Å². The van der Waals surface area contributed by atoms with Crippen molar-refractivity contribution in [3.63, 3.8) is 0 Å². The molecule has 0 aliphatic carbocycles. The van der Waals surface area contributed by atoms with Crippen molar-refractivity contribution < 1.29 is 0 Å². The van der Waals surface area contributed by atoms with Crippen molar-refractivity contribution in [1.82, 2.24) is 9.97 Å². The molecule has 0 saturated heterocycles. The Labute approximate surface area is 153 Å². The van der Waals surface area contributed by atoms with Gasteiger partial charge in [0.2, 0.25) is 0 Å². The van der Waals surface area contributed by atoms with Crippen molar-refractivity contribution in [3.05, 3.63) is 109 Å². The van der Waals surface area contributed by atoms with Crippen molar-refractivity contribution in [1.29, 1.82) is 0 Å². The minimum absolute atomic E-state index is 1.13. The third-order valence-corrected chi connectivity index (χ3v) is 4.28. The van der Waals surface area contributed by atoms with E-state index < -0.39 is 0 Å². The van der Waals surface area contributed by atoms with Gasteiger partial charge in [-0.2, -0.15) is 0 Å². The van der Waals surface area contributed by atoms with E-state index in [1.54, 1.807) is 12.4 Å². The quantitative estimate of drug-likeness (QED) is 0.429. The maximum absolute atomic E-state index is 4.17. The molecule has 0 atom stereocenters. The molecule has 0 amide bonds. The number of nitrogens with zero attached hydrogens (tertiary/aromatic N) is 2. The van der Waals surface area contributed by atoms with E-state index in [0.717, 1.165) is 11.1 Å². The highest BCUT2D eigenvalue weighted by molar-refractivity contribution is 5.73. The lowest BCUT2D eigenvalue weighted by molar-refractivity contribution is 1.33. The normalized spacial score (nSPS) is 10.9. The summed E-state index contributed by atoms with van der Waals surface area (Å²) in [6, 6.07) is 25.1. The van der Waals surface area contributed by atoms with Crippen LogP contribution in [0.3, 0.4) is 0 Å². The van der Waals surface area contributed by atoms with Gasteiger partial charge in [-0.3, -0.25) is 9.97 Å². The molecule has 2 aromatic carbocycles. The third kappa shape index (κ3) is 3.76. The standard InChI is InChI=1S/C24H18N2/c1-3-23(17-25-15-1)21-11-7-19(8-12-21)5-6-20-9-13-22(14-10-20)24-4-2-16-26-18-24/h1-18H/b6-5-. The highest BCUT2D eigenvalue weighted by Gasteiger charge is 1.98. The maximum atomic E-state index is 4.17. The molecular weight excluding hydrogens is 316 g/mol. The molecule has 26 heavy (non-hydrogen) atoms. The first-order valence-corrected chi connectivity index (χ1v) is 8.57. The molecule has 2 heteroatoms. The molecule has 0 fully saturated rings. The van der Waals surface area contributed by atoms with E-state index in [2.05, 4.69) is 82.8 Å². The van der Waals surface area contributed by atoms with Crippen LogP contribution in [0.5, 0.6) is 0 Å². The van der Waals surface area contributed by atoms with Crippen LogP contribution in [0.15, 0.2) is 97.6 Å². The molecule has 2 nitrogen and oxygen atoms in total. The van der Waals surface area contributed by atoms with Crippen LogP contribution in [0.2, 0.25) is 0 Å². The van der Waals surface area contributed by atoms with Gasteiger partial charge in [0.05, 0.1) is 0 Å². The van der Waals surface area contributed by atoms with Crippen molar-refractivity contribution in [3.8, 4) is 22.3 Å². The zero-order valence-electron chi connectivity index (χ0n) is 14.3. The SMILES string of the molecule is C(=C/c1ccc(-c2cccnc2)cc1)/c1ccc(-c2cccnc2)cc1. The zero-order chi connectivity index (χ0) is 17.6. The van der Waals surface area contributed by atoms with Gasteiger partial charge in [0.25, 0.3) is 0 Å². The zero-order valence-corrected chi connectivity index (χ0v) is 14.3. The fraction of sp³-hybridized carbons (Fsp3) is 0. The molecule has 0 saturated carbocycles. The minimum atomic E-state index is 1.13. The molecule has 0 aliphatic rings. The molecule has 0 N–H and O–H groups in total. The number of hydrogen-bond donors (Lipinski definition) is 0. The van der Waals surface area contributed by atoms with E-state index in [4.69, 9.17) is 0 Å². The lowest BCUT2D eigenvalue weighted by Crippen LogP contribution is -1.80. The summed E-state index contributed by atoms with van der Waals surface area (Å²) in [5, 5.41) is 0. The molecular formula is C24H18N2. The van der Waals surface area contributed by atoms with Gasteiger partial charge in [-0.15, -0.1) is 0 Å². The summed E-state index contributed by atoms with van der Waals surface area (Å²) in [5.74, 6) is 0. The summed E-state index contributed by atoms with van der Waals surface area (Å²) in [5.41, 5.74) is 6.97. The Morgan fingerprint density at radius 2 is 0.885 bits per heavy atom. The monoisotopic (exact) mass is 334 g/mol. The van der Waals surface area contributed by atoms with E-state index in [-0.39, 0.29) is 0 Å². The average Bonchev–Trinajstić information content (AvgIpc) is 2.74. The van der Waals surface area contributed by atoms with E-state index in [1.165, 1.54) is 22.3 Å². The first-order chi connectivity index (χ1) is 12.9. The van der Waals surface area contributed by atoms with Gasteiger partial charge in [-0.1, -0.05) is 72.8 Å². The predicted octanol–water partition coefficient (Wildman–Crippen LogP) is 5.98. The second kappa shape index (κ2) is 7.58. The number of aromatic nitrogens is 2. The van der Waals surface area contributed by atoms with Gasteiger partial charge in [-0.05, 0) is 45.5 Å². The first-order valence-electron chi connectivity index (χ1n) is 8.57. The molecule has 2 heterocycles. The van der Waals surface area contributed by atoms with Crippen molar-refractivity contribution in [2.75, 3.05) is 0 Å². The molecule has 0 bridgehead atoms. The maximum Gasteiger partial charge on any atom is 0.0346 e. The molecule has 4 rings (SSSR count). The smallest absolute Gasteiger partial charge is 0.0346 e. The van der Waals surface area contributed by atoms with Crippen LogP contribution in [0.25, 0.3) is 34.4 Å². The molecule has 124 valence electrons. The Morgan fingerprint density at radius 1 is 0.462 bits per heavy atom. The van der Waals surface area contributed by atoms with Gasteiger partial charge in [0.15, 0.2) is 0 Å². The molecule has 0 spiro atoms. The highest BCUT2D eigenvalue weighted by atomic mass is 14.6. The Bertz CT molecular complexity index is 903. The second-order valence-corrected chi connectivity index (χ2v) is 6.06. The minimum Gasteiger partial charge on any atom is -0.264 e. The van der Waals surface area contributed by atoms with E-state index >= 15 is 0 Å². The number of pyridine rings is 2. The summed E-state index contributed by atoms with van der Waals surface area (Å²) in [7, 11) is 0. The van der Waals surface area contributed by atoms with Crippen LogP contribution >= 0.6 is 0 Å². The van der Waals surface area contributed by atoms with Gasteiger partial charge in [-0.25, -0.2) is 0 Å². The number of hydrogen-bond acceptors (Lipinski definition) is 2. The molecule has 0 aliphatic heterocycles. The van der Waals surface area contributed by atoms with Crippen LogP contribution in [0.1, 0.15) is 11.1 Å². The Morgan fingerprint density at radius 3 is 1.23 bits per heavy atom. The van der Waals surface area contributed by atoms with Gasteiger partial charge in [0.1, 0.15) is 0 Å². The van der Waals surface area contributed by atoms with Crippen LogP contribution in [-0.4, -0.2) is 9.97 Å². The Kier molecular flexibility index (Phi) is 4.66. The fourth-order valence-corrected chi connectivity index (χ4v) is 2.83. The molecule has 0 unspecified atom stereocenters. The molecule has 2 aromatic heterocycles. The average molecular weight is 334 g/mol. The lowest BCUT2D eigenvalue weighted by Gasteiger charge is -2.02. The molecule has 0 radical (unpaired) electrons. The predicted molar refractivity (Wildman–Crippen MR) is 108 cm³/mol. The van der Waals surface area contributed by atoms with Gasteiger partial charge >= 0.3 is 0 Å².